The quantitative estimate of drug-likeness (QED) is 0.471. The maximum absolute atomic E-state index is 12.2. The molecule has 1 unspecified atom stereocenters. The molecule has 26 heavy (non-hydrogen) atoms. The summed E-state index contributed by atoms with van der Waals surface area (Å²) >= 11 is 3.23. The average molecular weight is 422 g/mol. The molecule has 0 heterocycles. The molecule has 0 aliphatic rings. The van der Waals surface area contributed by atoms with Crippen molar-refractivity contribution < 1.29 is 19.4 Å². The van der Waals surface area contributed by atoms with Crippen LogP contribution in [-0.2, 0) is 4.79 Å². The Morgan fingerprint density at radius 3 is 2.62 bits per heavy atom. The summed E-state index contributed by atoms with van der Waals surface area (Å²) in [6.07, 6.45) is 1.46. The molecule has 1 atom stereocenters. The fraction of sp³-hybridized carbons (Fsp3) is 0.222. The highest BCUT2D eigenvalue weighted by Crippen LogP contribution is 2.34. The molecule has 0 fully saturated rings. The monoisotopic (exact) mass is 421 g/mol. The topological polar surface area (TPSA) is 92.2 Å². The summed E-state index contributed by atoms with van der Waals surface area (Å²) < 4.78 is 10.8. The number of hydrogen-bond acceptors (Lipinski definition) is 6. The van der Waals surface area contributed by atoms with E-state index in [2.05, 4.69) is 31.8 Å². The molecule has 0 bridgehead atoms. The van der Waals surface area contributed by atoms with Crippen LogP contribution in [0, 0.1) is 0 Å². The van der Waals surface area contributed by atoms with Crippen LogP contribution in [0.5, 0.6) is 17.2 Å². The summed E-state index contributed by atoms with van der Waals surface area (Å²) in [7, 11) is 3.02. The SMILES string of the molecule is COc1ccccc1NC(C)C(=O)N/N=C/c1cc(Br)c(O)c(OC)c1. The number of benzene rings is 2. The highest BCUT2D eigenvalue weighted by Gasteiger charge is 2.14. The van der Waals surface area contributed by atoms with E-state index in [1.54, 1.807) is 32.2 Å². The number of phenolic OH excluding ortho intramolecular Hbond substituents is 1. The standard InChI is InChI=1S/C18H20BrN3O4/c1-11(21-14-6-4-5-7-15(14)25-2)18(24)22-20-10-12-8-13(19)17(23)16(9-12)26-3/h4-11,21,23H,1-3H3,(H,22,24)/b20-10+. The molecular weight excluding hydrogens is 402 g/mol. The van der Waals surface area contributed by atoms with Crippen molar-refractivity contribution in [2.45, 2.75) is 13.0 Å². The Morgan fingerprint density at radius 2 is 1.92 bits per heavy atom. The van der Waals surface area contributed by atoms with E-state index in [0.717, 1.165) is 0 Å². The Kier molecular flexibility index (Phi) is 6.85. The van der Waals surface area contributed by atoms with Crippen LogP contribution in [0.1, 0.15) is 12.5 Å². The summed E-state index contributed by atoms with van der Waals surface area (Å²) in [5, 5.41) is 16.8. The van der Waals surface area contributed by atoms with Gasteiger partial charge in [0.15, 0.2) is 11.5 Å². The molecule has 1 amide bonds. The number of para-hydroxylation sites is 2. The predicted molar refractivity (Wildman–Crippen MR) is 104 cm³/mol. The van der Waals surface area contributed by atoms with Crippen LogP contribution in [0.15, 0.2) is 46.0 Å². The fourth-order valence-electron chi connectivity index (χ4n) is 2.15. The van der Waals surface area contributed by atoms with E-state index in [4.69, 9.17) is 9.47 Å². The van der Waals surface area contributed by atoms with Crippen molar-refractivity contribution in [3.63, 3.8) is 0 Å². The van der Waals surface area contributed by atoms with Gasteiger partial charge in [0.2, 0.25) is 0 Å². The minimum Gasteiger partial charge on any atom is -0.503 e. The van der Waals surface area contributed by atoms with E-state index in [9.17, 15) is 9.90 Å². The third-order valence-electron chi connectivity index (χ3n) is 3.53. The molecule has 0 aromatic heterocycles. The minimum absolute atomic E-state index is 0.00307. The number of nitrogens with one attached hydrogen (secondary N) is 2. The van der Waals surface area contributed by atoms with Crippen LogP contribution >= 0.6 is 15.9 Å². The molecule has 2 rings (SSSR count). The zero-order valence-corrected chi connectivity index (χ0v) is 16.2. The Balaban J connectivity index is 1.99. The normalized spacial score (nSPS) is 11.8. The van der Waals surface area contributed by atoms with Crippen LogP contribution in [0.3, 0.4) is 0 Å². The van der Waals surface area contributed by atoms with Crippen molar-refractivity contribution >= 4 is 33.7 Å². The van der Waals surface area contributed by atoms with E-state index in [0.29, 0.717) is 27.2 Å². The van der Waals surface area contributed by atoms with Crippen molar-refractivity contribution in [2.75, 3.05) is 19.5 Å². The van der Waals surface area contributed by atoms with Crippen molar-refractivity contribution in [1.29, 1.82) is 0 Å². The third-order valence-corrected chi connectivity index (χ3v) is 4.14. The zero-order chi connectivity index (χ0) is 19.1. The molecule has 0 spiro atoms. The van der Waals surface area contributed by atoms with E-state index in [1.165, 1.54) is 13.3 Å². The summed E-state index contributed by atoms with van der Waals surface area (Å²) in [5.74, 6) is 0.648. The first-order chi connectivity index (χ1) is 12.5. The van der Waals surface area contributed by atoms with E-state index < -0.39 is 6.04 Å². The van der Waals surface area contributed by atoms with Gasteiger partial charge in [-0.25, -0.2) is 5.43 Å². The van der Waals surface area contributed by atoms with E-state index >= 15 is 0 Å². The summed E-state index contributed by atoms with van der Waals surface area (Å²) in [4.78, 5) is 12.2. The van der Waals surface area contributed by atoms with Gasteiger partial charge >= 0.3 is 0 Å². The van der Waals surface area contributed by atoms with Gasteiger partial charge in [0.05, 0.1) is 30.6 Å². The van der Waals surface area contributed by atoms with E-state index in [-0.39, 0.29) is 11.7 Å². The fourth-order valence-corrected chi connectivity index (χ4v) is 2.61. The third kappa shape index (κ3) is 4.89. The number of hydrogen-bond donors (Lipinski definition) is 3. The average Bonchev–Trinajstić information content (AvgIpc) is 2.64. The number of anilines is 1. The number of carbonyl (C=O) groups is 1. The van der Waals surface area contributed by atoms with Crippen molar-refractivity contribution in [3.05, 3.63) is 46.4 Å². The van der Waals surface area contributed by atoms with Crippen molar-refractivity contribution in [3.8, 4) is 17.2 Å². The summed E-state index contributed by atoms with van der Waals surface area (Å²) in [6, 6.07) is 10.1. The molecule has 0 saturated carbocycles. The Bertz CT molecular complexity index is 811. The lowest BCUT2D eigenvalue weighted by Gasteiger charge is -2.15. The highest BCUT2D eigenvalue weighted by atomic mass is 79.9. The molecule has 138 valence electrons. The number of hydrazone groups is 1. The predicted octanol–water partition coefficient (Wildman–Crippen LogP) is 3.12. The van der Waals surface area contributed by atoms with Gasteiger partial charge in [-0.3, -0.25) is 4.79 Å². The first-order valence-electron chi connectivity index (χ1n) is 7.75. The smallest absolute Gasteiger partial charge is 0.262 e. The number of halogens is 1. The number of carbonyl (C=O) groups excluding carboxylic acids is 1. The molecule has 0 aliphatic carbocycles. The second kappa shape index (κ2) is 9.10. The van der Waals surface area contributed by atoms with E-state index in [1.807, 2.05) is 18.2 Å². The van der Waals surface area contributed by atoms with Crippen LogP contribution < -0.4 is 20.2 Å². The molecule has 3 N–H and O–H groups in total. The summed E-state index contributed by atoms with van der Waals surface area (Å²) in [6.45, 7) is 1.72. The van der Waals surface area contributed by atoms with Gasteiger partial charge in [-0.1, -0.05) is 12.1 Å². The maximum atomic E-state index is 12.2. The van der Waals surface area contributed by atoms with Gasteiger partial charge in [0.1, 0.15) is 11.8 Å². The number of methoxy groups -OCH3 is 2. The number of ether oxygens (including phenoxy) is 2. The van der Waals surface area contributed by atoms with Gasteiger partial charge in [-0.15, -0.1) is 0 Å². The van der Waals surface area contributed by atoms with Crippen LogP contribution in [0.2, 0.25) is 0 Å². The first kappa shape index (κ1) is 19.6. The summed E-state index contributed by atoms with van der Waals surface area (Å²) in [5.41, 5.74) is 3.84. The van der Waals surface area contributed by atoms with Gasteiger partial charge in [0.25, 0.3) is 5.91 Å². The number of aromatic hydroxyl groups is 1. The highest BCUT2D eigenvalue weighted by molar-refractivity contribution is 9.10. The van der Waals surface area contributed by atoms with Crippen LogP contribution in [0.25, 0.3) is 0 Å². The number of rotatable bonds is 7. The Labute approximate surface area is 160 Å². The number of nitrogens with zero attached hydrogens (tertiary/aromatic N) is 1. The van der Waals surface area contributed by atoms with Gasteiger partial charge in [0, 0.05) is 0 Å². The Morgan fingerprint density at radius 1 is 1.23 bits per heavy atom. The Hall–Kier alpha value is -2.74. The molecule has 0 aliphatic heterocycles. The molecule has 8 heteroatoms. The van der Waals surface area contributed by atoms with Crippen molar-refractivity contribution in [2.24, 2.45) is 5.10 Å². The first-order valence-corrected chi connectivity index (χ1v) is 8.54. The molecule has 0 saturated heterocycles. The largest absolute Gasteiger partial charge is 0.503 e. The number of amides is 1. The molecule has 0 radical (unpaired) electrons. The van der Waals surface area contributed by atoms with Crippen LogP contribution in [0.4, 0.5) is 5.69 Å². The maximum Gasteiger partial charge on any atom is 0.262 e. The molecule has 2 aromatic carbocycles. The molecule has 7 nitrogen and oxygen atoms in total. The lowest BCUT2D eigenvalue weighted by atomic mass is 10.2. The number of phenols is 1. The molecular formula is C18H20BrN3O4. The minimum atomic E-state index is -0.524. The lowest BCUT2D eigenvalue weighted by molar-refractivity contribution is -0.121. The second-order valence-electron chi connectivity index (χ2n) is 5.35. The zero-order valence-electron chi connectivity index (χ0n) is 14.6. The molecule has 2 aromatic rings. The van der Waals surface area contributed by atoms with Crippen molar-refractivity contribution in [1.82, 2.24) is 5.43 Å². The van der Waals surface area contributed by atoms with Gasteiger partial charge < -0.3 is 19.9 Å². The second-order valence-corrected chi connectivity index (χ2v) is 6.21. The van der Waals surface area contributed by atoms with Gasteiger partial charge in [-0.2, -0.15) is 5.10 Å². The van der Waals surface area contributed by atoms with Crippen LogP contribution in [-0.4, -0.2) is 37.5 Å². The lowest BCUT2D eigenvalue weighted by Crippen LogP contribution is -2.35. The van der Waals surface area contributed by atoms with Gasteiger partial charge in [-0.05, 0) is 52.7 Å².